The minimum Gasteiger partial charge on any atom is -0.373 e. The maximum absolute atomic E-state index is 5.67. The van der Waals surface area contributed by atoms with Gasteiger partial charge in [-0.15, -0.1) is 0 Å². The topological polar surface area (TPSA) is 88.8 Å². The van der Waals surface area contributed by atoms with Crippen molar-refractivity contribution in [3.05, 3.63) is 42.6 Å². The van der Waals surface area contributed by atoms with Crippen molar-refractivity contribution in [2.45, 2.75) is 0 Å². The van der Waals surface area contributed by atoms with Gasteiger partial charge in [0.15, 0.2) is 0 Å². The van der Waals surface area contributed by atoms with Crippen molar-refractivity contribution >= 4 is 34.2 Å². The molecule has 0 amide bonds. The Morgan fingerprint density at radius 1 is 1.05 bits per heavy atom. The zero-order valence-electron chi connectivity index (χ0n) is 11.0. The van der Waals surface area contributed by atoms with E-state index in [9.17, 15) is 0 Å². The summed E-state index contributed by atoms with van der Waals surface area (Å²) in [6.45, 7) is 0. The molecule has 2 heterocycles. The first-order chi connectivity index (χ1) is 9.74. The summed E-state index contributed by atoms with van der Waals surface area (Å²) in [5.74, 6) is 1.54. The van der Waals surface area contributed by atoms with Crippen LogP contribution >= 0.6 is 0 Å². The Balaban J connectivity index is 1.94. The number of rotatable bonds is 3. The van der Waals surface area contributed by atoms with E-state index >= 15 is 0 Å². The van der Waals surface area contributed by atoms with Crippen LogP contribution in [0.2, 0.25) is 0 Å². The summed E-state index contributed by atoms with van der Waals surface area (Å²) in [5, 5.41) is 7.22. The molecule has 0 saturated carbocycles. The van der Waals surface area contributed by atoms with Crippen molar-refractivity contribution in [2.75, 3.05) is 23.4 Å². The predicted octanol–water partition coefficient (Wildman–Crippen LogP) is 2.39. The molecule has 3 aromatic rings. The molecule has 6 heteroatoms. The number of nitrogens with two attached hydrogens (primary N) is 1. The number of fused-ring (bicyclic) bond motifs is 1. The Hall–Kier alpha value is -2.89. The van der Waals surface area contributed by atoms with Crippen LogP contribution in [-0.2, 0) is 0 Å². The predicted molar refractivity (Wildman–Crippen MR) is 81.0 cm³/mol. The normalized spacial score (nSPS) is 10.4. The standard InChI is InChI=1S/C14H14N6/c1-16-12-8-13(20-14(15)19-12)18-10-4-5-11-9(7-10)3-2-6-17-11/h2-8H,1H3,(H4,15,16,18,19,20). The van der Waals surface area contributed by atoms with Gasteiger partial charge in [-0.25, -0.2) is 0 Å². The molecule has 6 nitrogen and oxygen atoms in total. The van der Waals surface area contributed by atoms with Gasteiger partial charge >= 0.3 is 0 Å². The maximum Gasteiger partial charge on any atom is 0.223 e. The first kappa shape index (κ1) is 12.2. The number of hydrogen-bond acceptors (Lipinski definition) is 6. The van der Waals surface area contributed by atoms with Crippen LogP contribution in [0.4, 0.5) is 23.3 Å². The molecule has 0 fully saturated rings. The Kier molecular flexibility index (Phi) is 3.04. The lowest BCUT2D eigenvalue weighted by Gasteiger charge is -2.08. The number of nitrogen functional groups attached to an aromatic ring is 1. The summed E-state index contributed by atoms with van der Waals surface area (Å²) in [4.78, 5) is 12.5. The van der Waals surface area contributed by atoms with E-state index < -0.39 is 0 Å². The van der Waals surface area contributed by atoms with Crippen molar-refractivity contribution in [3.63, 3.8) is 0 Å². The van der Waals surface area contributed by atoms with E-state index in [1.165, 1.54) is 0 Å². The Bertz CT molecular complexity index is 755. The number of benzene rings is 1. The van der Waals surface area contributed by atoms with E-state index in [0.29, 0.717) is 11.6 Å². The highest BCUT2D eigenvalue weighted by Crippen LogP contribution is 2.21. The molecule has 0 atom stereocenters. The first-order valence-electron chi connectivity index (χ1n) is 6.19. The summed E-state index contributed by atoms with van der Waals surface area (Å²) in [6.07, 6.45) is 1.78. The molecule has 0 saturated heterocycles. The summed E-state index contributed by atoms with van der Waals surface area (Å²) in [5.41, 5.74) is 7.54. The molecule has 0 aliphatic rings. The van der Waals surface area contributed by atoms with E-state index in [1.807, 2.05) is 30.3 Å². The number of pyridine rings is 1. The number of nitrogens with one attached hydrogen (secondary N) is 2. The quantitative estimate of drug-likeness (QED) is 0.674. The molecule has 2 aromatic heterocycles. The highest BCUT2D eigenvalue weighted by molar-refractivity contribution is 5.83. The molecular formula is C14H14N6. The van der Waals surface area contributed by atoms with Crippen molar-refractivity contribution in [1.29, 1.82) is 0 Å². The largest absolute Gasteiger partial charge is 0.373 e. The second kappa shape index (κ2) is 5.00. The molecule has 0 aliphatic carbocycles. The van der Waals surface area contributed by atoms with Crippen molar-refractivity contribution in [1.82, 2.24) is 15.0 Å². The molecule has 0 unspecified atom stereocenters. The average molecular weight is 266 g/mol. The SMILES string of the molecule is CNc1cc(Nc2ccc3ncccc3c2)nc(N)n1. The second-order valence-corrected chi connectivity index (χ2v) is 4.28. The van der Waals surface area contributed by atoms with Gasteiger partial charge in [-0.05, 0) is 24.3 Å². The van der Waals surface area contributed by atoms with Crippen LogP contribution in [-0.4, -0.2) is 22.0 Å². The molecule has 0 radical (unpaired) electrons. The fraction of sp³-hybridized carbons (Fsp3) is 0.0714. The van der Waals surface area contributed by atoms with Gasteiger partial charge in [-0.2, -0.15) is 9.97 Å². The van der Waals surface area contributed by atoms with Crippen molar-refractivity contribution < 1.29 is 0 Å². The monoisotopic (exact) mass is 266 g/mol. The highest BCUT2D eigenvalue weighted by atomic mass is 15.1. The van der Waals surface area contributed by atoms with E-state index in [1.54, 1.807) is 19.3 Å². The average Bonchev–Trinajstić information content (AvgIpc) is 2.46. The molecule has 0 aliphatic heterocycles. The lowest BCUT2D eigenvalue weighted by Crippen LogP contribution is -2.03. The van der Waals surface area contributed by atoms with Crippen LogP contribution < -0.4 is 16.4 Å². The lowest BCUT2D eigenvalue weighted by atomic mass is 10.2. The fourth-order valence-corrected chi connectivity index (χ4v) is 1.96. The molecule has 0 spiro atoms. The van der Waals surface area contributed by atoms with Crippen LogP contribution in [0.15, 0.2) is 42.6 Å². The maximum atomic E-state index is 5.67. The Labute approximate surface area is 116 Å². The van der Waals surface area contributed by atoms with Crippen LogP contribution in [0.1, 0.15) is 0 Å². The lowest BCUT2D eigenvalue weighted by molar-refractivity contribution is 1.17. The van der Waals surface area contributed by atoms with Gasteiger partial charge in [-0.1, -0.05) is 6.07 Å². The van der Waals surface area contributed by atoms with E-state index in [2.05, 4.69) is 25.6 Å². The Morgan fingerprint density at radius 2 is 1.90 bits per heavy atom. The van der Waals surface area contributed by atoms with Crippen LogP contribution in [0, 0.1) is 0 Å². The molecule has 1 aromatic carbocycles. The van der Waals surface area contributed by atoms with Gasteiger partial charge in [0.1, 0.15) is 11.6 Å². The van der Waals surface area contributed by atoms with Crippen LogP contribution in [0.25, 0.3) is 10.9 Å². The molecule has 4 N–H and O–H groups in total. The zero-order valence-corrected chi connectivity index (χ0v) is 11.0. The summed E-state index contributed by atoms with van der Waals surface area (Å²) < 4.78 is 0. The minimum atomic E-state index is 0.224. The summed E-state index contributed by atoms with van der Waals surface area (Å²) in [7, 11) is 1.78. The summed E-state index contributed by atoms with van der Waals surface area (Å²) >= 11 is 0. The third kappa shape index (κ3) is 2.44. The number of anilines is 4. The van der Waals surface area contributed by atoms with Gasteiger partial charge < -0.3 is 16.4 Å². The number of nitrogens with zero attached hydrogens (tertiary/aromatic N) is 3. The van der Waals surface area contributed by atoms with Gasteiger partial charge in [-0.3, -0.25) is 4.98 Å². The van der Waals surface area contributed by atoms with Crippen molar-refractivity contribution in [3.8, 4) is 0 Å². The van der Waals surface area contributed by atoms with Crippen LogP contribution in [0.5, 0.6) is 0 Å². The summed E-state index contributed by atoms with van der Waals surface area (Å²) in [6, 6.07) is 11.6. The molecule has 3 rings (SSSR count). The first-order valence-corrected chi connectivity index (χ1v) is 6.19. The molecular weight excluding hydrogens is 252 g/mol. The van der Waals surface area contributed by atoms with Crippen LogP contribution in [0.3, 0.4) is 0 Å². The van der Waals surface area contributed by atoms with Gasteiger partial charge in [0.05, 0.1) is 5.52 Å². The second-order valence-electron chi connectivity index (χ2n) is 4.28. The van der Waals surface area contributed by atoms with Gasteiger partial charge in [0.2, 0.25) is 5.95 Å². The third-order valence-electron chi connectivity index (χ3n) is 2.87. The van der Waals surface area contributed by atoms with E-state index in [-0.39, 0.29) is 5.95 Å². The molecule has 20 heavy (non-hydrogen) atoms. The minimum absolute atomic E-state index is 0.224. The third-order valence-corrected chi connectivity index (χ3v) is 2.87. The van der Waals surface area contributed by atoms with Crippen molar-refractivity contribution in [2.24, 2.45) is 0 Å². The zero-order chi connectivity index (χ0) is 13.9. The Morgan fingerprint density at radius 3 is 2.75 bits per heavy atom. The smallest absolute Gasteiger partial charge is 0.223 e. The molecule has 0 bridgehead atoms. The van der Waals surface area contributed by atoms with Gasteiger partial charge in [0, 0.05) is 30.4 Å². The highest BCUT2D eigenvalue weighted by Gasteiger charge is 2.02. The fourth-order valence-electron chi connectivity index (χ4n) is 1.96. The van der Waals surface area contributed by atoms with Gasteiger partial charge in [0.25, 0.3) is 0 Å². The van der Waals surface area contributed by atoms with E-state index in [0.717, 1.165) is 16.6 Å². The molecule has 100 valence electrons. The number of aromatic nitrogens is 3. The van der Waals surface area contributed by atoms with E-state index in [4.69, 9.17) is 5.73 Å². The number of hydrogen-bond donors (Lipinski definition) is 3.